The lowest BCUT2D eigenvalue weighted by Gasteiger charge is -2.13. The first-order valence-electron chi connectivity index (χ1n) is 6.99. The minimum absolute atomic E-state index is 0.485. The summed E-state index contributed by atoms with van der Waals surface area (Å²) in [5.74, 6) is 0.857. The Morgan fingerprint density at radius 1 is 1.10 bits per heavy atom. The van der Waals surface area contributed by atoms with Crippen LogP contribution in [0.2, 0.25) is 0 Å². The summed E-state index contributed by atoms with van der Waals surface area (Å²) < 4.78 is 6.94. The van der Waals surface area contributed by atoms with Crippen molar-refractivity contribution in [3.05, 3.63) is 63.1 Å². The number of halogens is 1. The Kier molecular flexibility index (Phi) is 4.08. The molecule has 2 N–H and O–H groups in total. The molecule has 20 heavy (non-hydrogen) atoms. The van der Waals surface area contributed by atoms with Crippen LogP contribution in [0.4, 0.5) is 0 Å². The third-order valence-electron chi connectivity index (χ3n) is 3.81. The Labute approximate surface area is 128 Å². The smallest absolute Gasteiger partial charge is 0.138 e. The van der Waals surface area contributed by atoms with Gasteiger partial charge < -0.3 is 10.5 Å². The molecule has 0 bridgehead atoms. The van der Waals surface area contributed by atoms with E-state index in [1.807, 2.05) is 18.2 Å². The van der Waals surface area contributed by atoms with Crippen LogP contribution in [-0.2, 0) is 26.0 Å². The Bertz CT molecular complexity index is 624. The SMILES string of the molecule is NCc1cccc(Br)c1OCc1ccc2c(c1)CCC2. The maximum atomic E-state index is 5.98. The van der Waals surface area contributed by atoms with Gasteiger partial charge in [-0.15, -0.1) is 0 Å². The van der Waals surface area contributed by atoms with Crippen molar-refractivity contribution in [2.24, 2.45) is 5.73 Å². The Balaban J connectivity index is 1.77. The highest BCUT2D eigenvalue weighted by Gasteiger charge is 2.12. The molecule has 0 radical (unpaired) electrons. The van der Waals surface area contributed by atoms with Crippen LogP contribution < -0.4 is 10.5 Å². The quantitative estimate of drug-likeness (QED) is 0.919. The van der Waals surface area contributed by atoms with E-state index in [0.29, 0.717) is 13.2 Å². The van der Waals surface area contributed by atoms with E-state index < -0.39 is 0 Å². The summed E-state index contributed by atoms with van der Waals surface area (Å²) in [4.78, 5) is 0. The zero-order valence-electron chi connectivity index (χ0n) is 11.4. The van der Waals surface area contributed by atoms with Crippen molar-refractivity contribution in [2.45, 2.75) is 32.4 Å². The lowest BCUT2D eigenvalue weighted by molar-refractivity contribution is 0.301. The maximum absolute atomic E-state index is 5.98. The van der Waals surface area contributed by atoms with Crippen LogP contribution in [-0.4, -0.2) is 0 Å². The summed E-state index contributed by atoms with van der Waals surface area (Å²) in [6.45, 7) is 1.07. The molecule has 0 saturated heterocycles. The number of hydrogen-bond acceptors (Lipinski definition) is 2. The molecular weight excluding hydrogens is 314 g/mol. The van der Waals surface area contributed by atoms with Gasteiger partial charge in [0.2, 0.25) is 0 Å². The van der Waals surface area contributed by atoms with Gasteiger partial charge in [0.15, 0.2) is 0 Å². The molecule has 1 aliphatic rings. The standard InChI is InChI=1S/C17H18BrNO/c18-16-6-2-5-15(10-19)17(16)20-11-12-7-8-13-3-1-4-14(13)9-12/h2,5-9H,1,3-4,10-11,19H2. The number of ether oxygens (including phenoxy) is 1. The molecule has 0 spiro atoms. The lowest BCUT2D eigenvalue weighted by atomic mass is 10.1. The molecule has 0 heterocycles. The molecule has 3 rings (SSSR count). The van der Waals surface area contributed by atoms with Gasteiger partial charge in [-0.05, 0) is 57.9 Å². The highest BCUT2D eigenvalue weighted by atomic mass is 79.9. The van der Waals surface area contributed by atoms with E-state index in [4.69, 9.17) is 10.5 Å². The predicted octanol–water partition coefficient (Wildman–Crippen LogP) is 3.98. The van der Waals surface area contributed by atoms with Crippen LogP contribution >= 0.6 is 15.9 Å². The zero-order chi connectivity index (χ0) is 13.9. The van der Waals surface area contributed by atoms with Crippen molar-refractivity contribution in [3.8, 4) is 5.75 Å². The highest BCUT2D eigenvalue weighted by Crippen LogP contribution is 2.30. The second-order valence-corrected chi connectivity index (χ2v) is 6.03. The van der Waals surface area contributed by atoms with Crippen molar-refractivity contribution >= 4 is 15.9 Å². The predicted molar refractivity (Wildman–Crippen MR) is 84.8 cm³/mol. The number of aryl methyl sites for hydroxylation is 2. The Morgan fingerprint density at radius 2 is 1.95 bits per heavy atom. The second kappa shape index (κ2) is 5.98. The number of fused-ring (bicyclic) bond motifs is 1. The number of rotatable bonds is 4. The van der Waals surface area contributed by atoms with Gasteiger partial charge in [0.1, 0.15) is 12.4 Å². The summed E-state index contributed by atoms with van der Waals surface area (Å²) in [5.41, 5.74) is 11.0. The summed E-state index contributed by atoms with van der Waals surface area (Å²) in [7, 11) is 0. The molecule has 2 aromatic carbocycles. The zero-order valence-corrected chi connectivity index (χ0v) is 12.9. The van der Waals surface area contributed by atoms with E-state index >= 15 is 0 Å². The van der Waals surface area contributed by atoms with E-state index in [1.165, 1.54) is 36.0 Å². The fourth-order valence-corrected chi connectivity index (χ4v) is 3.27. The number of para-hydroxylation sites is 1. The van der Waals surface area contributed by atoms with E-state index in [0.717, 1.165) is 15.8 Å². The van der Waals surface area contributed by atoms with Gasteiger partial charge in [-0.3, -0.25) is 0 Å². The van der Waals surface area contributed by atoms with Gasteiger partial charge in [0.25, 0.3) is 0 Å². The fraction of sp³-hybridized carbons (Fsp3) is 0.294. The molecule has 0 aromatic heterocycles. The van der Waals surface area contributed by atoms with E-state index in [-0.39, 0.29) is 0 Å². The molecule has 0 fully saturated rings. The molecule has 2 nitrogen and oxygen atoms in total. The van der Waals surface area contributed by atoms with Crippen molar-refractivity contribution in [1.82, 2.24) is 0 Å². The summed E-state index contributed by atoms with van der Waals surface area (Å²) in [5, 5.41) is 0. The van der Waals surface area contributed by atoms with Crippen molar-refractivity contribution < 1.29 is 4.74 Å². The number of benzene rings is 2. The van der Waals surface area contributed by atoms with Gasteiger partial charge in [0.05, 0.1) is 4.47 Å². The van der Waals surface area contributed by atoms with Gasteiger partial charge >= 0.3 is 0 Å². The number of nitrogens with two attached hydrogens (primary N) is 1. The summed E-state index contributed by atoms with van der Waals surface area (Å²) in [6.07, 6.45) is 3.70. The highest BCUT2D eigenvalue weighted by molar-refractivity contribution is 9.10. The molecule has 1 aliphatic carbocycles. The van der Waals surface area contributed by atoms with Crippen LogP contribution in [0.1, 0.15) is 28.7 Å². The Morgan fingerprint density at radius 3 is 2.80 bits per heavy atom. The topological polar surface area (TPSA) is 35.2 Å². The van der Waals surface area contributed by atoms with Gasteiger partial charge in [0, 0.05) is 12.1 Å². The van der Waals surface area contributed by atoms with E-state index in [9.17, 15) is 0 Å². The maximum Gasteiger partial charge on any atom is 0.138 e. The molecule has 2 aromatic rings. The van der Waals surface area contributed by atoms with Gasteiger partial charge in [-0.2, -0.15) is 0 Å². The van der Waals surface area contributed by atoms with Crippen LogP contribution in [0.3, 0.4) is 0 Å². The average molecular weight is 332 g/mol. The first kappa shape index (κ1) is 13.7. The van der Waals surface area contributed by atoms with Gasteiger partial charge in [-0.25, -0.2) is 0 Å². The lowest BCUT2D eigenvalue weighted by Crippen LogP contribution is -2.03. The first-order chi connectivity index (χ1) is 9.78. The van der Waals surface area contributed by atoms with Crippen molar-refractivity contribution in [2.75, 3.05) is 0 Å². The summed E-state index contributed by atoms with van der Waals surface area (Å²) >= 11 is 3.53. The summed E-state index contributed by atoms with van der Waals surface area (Å²) in [6, 6.07) is 12.7. The fourth-order valence-electron chi connectivity index (χ4n) is 2.75. The van der Waals surface area contributed by atoms with Crippen molar-refractivity contribution in [3.63, 3.8) is 0 Å². The third-order valence-corrected chi connectivity index (χ3v) is 4.44. The first-order valence-corrected chi connectivity index (χ1v) is 7.78. The largest absolute Gasteiger partial charge is 0.487 e. The van der Waals surface area contributed by atoms with Gasteiger partial charge in [-0.1, -0.05) is 30.3 Å². The molecule has 3 heteroatoms. The molecule has 0 atom stereocenters. The minimum atomic E-state index is 0.485. The molecule has 0 aliphatic heterocycles. The molecule has 0 unspecified atom stereocenters. The van der Waals surface area contributed by atoms with Crippen molar-refractivity contribution in [1.29, 1.82) is 0 Å². The Hall–Kier alpha value is -1.32. The monoisotopic (exact) mass is 331 g/mol. The van der Waals surface area contributed by atoms with E-state index in [2.05, 4.69) is 34.1 Å². The number of hydrogen-bond donors (Lipinski definition) is 1. The molecule has 0 saturated carbocycles. The van der Waals surface area contributed by atoms with Crippen LogP contribution in [0.5, 0.6) is 5.75 Å². The molecular formula is C17H18BrNO. The molecule has 0 amide bonds. The normalized spacial score (nSPS) is 13.3. The van der Waals surface area contributed by atoms with Crippen LogP contribution in [0.15, 0.2) is 40.9 Å². The third kappa shape index (κ3) is 2.74. The average Bonchev–Trinajstić information content (AvgIpc) is 2.93. The molecule has 104 valence electrons. The van der Waals surface area contributed by atoms with Crippen LogP contribution in [0.25, 0.3) is 0 Å². The minimum Gasteiger partial charge on any atom is -0.487 e. The van der Waals surface area contributed by atoms with E-state index in [1.54, 1.807) is 0 Å². The second-order valence-electron chi connectivity index (χ2n) is 5.18. The van der Waals surface area contributed by atoms with Crippen LogP contribution in [0, 0.1) is 0 Å².